The summed E-state index contributed by atoms with van der Waals surface area (Å²) in [4.78, 5) is 15.1. The van der Waals surface area contributed by atoms with Crippen LogP contribution in [0.25, 0.3) is 27.7 Å². The van der Waals surface area contributed by atoms with Crippen LogP contribution < -0.4 is 4.57 Å². The first-order valence-corrected chi connectivity index (χ1v) is 6.49. The summed E-state index contributed by atoms with van der Waals surface area (Å²) in [6.07, 6.45) is 1.95. The Hall–Kier alpha value is -3.02. The fourth-order valence-electron chi connectivity index (χ4n) is 2.70. The maximum atomic E-state index is 10.9. The minimum absolute atomic E-state index is 0.0943. The molecular formula is C15H11N4O2+. The fourth-order valence-corrected chi connectivity index (χ4v) is 2.70. The van der Waals surface area contributed by atoms with E-state index in [1.807, 2.05) is 46.5 Å². The van der Waals surface area contributed by atoms with Crippen molar-refractivity contribution in [3.8, 4) is 0 Å². The maximum Gasteiger partial charge on any atom is 0.349 e. The molecule has 0 amide bonds. The molecule has 6 nitrogen and oxygen atoms in total. The van der Waals surface area contributed by atoms with Crippen molar-refractivity contribution in [2.75, 3.05) is 0 Å². The Balaban J connectivity index is 2.20. The van der Waals surface area contributed by atoms with Crippen molar-refractivity contribution in [1.82, 2.24) is 9.38 Å². The monoisotopic (exact) mass is 279 g/mol. The van der Waals surface area contributed by atoms with Gasteiger partial charge in [-0.15, -0.1) is 0 Å². The second-order valence-corrected chi connectivity index (χ2v) is 4.97. The number of aromatic nitrogens is 3. The Morgan fingerprint density at radius 2 is 2.05 bits per heavy atom. The molecule has 4 aromatic rings. The molecule has 21 heavy (non-hydrogen) atoms. The summed E-state index contributed by atoms with van der Waals surface area (Å²) in [5.41, 5.74) is 3.69. The number of fused-ring (bicyclic) bond motifs is 5. The number of rotatable bonds is 1. The molecule has 0 aliphatic rings. The smallest absolute Gasteiger partial charge is 0.266 e. The lowest BCUT2D eigenvalue weighted by molar-refractivity contribution is -0.646. The van der Waals surface area contributed by atoms with Crippen molar-refractivity contribution >= 4 is 33.4 Å². The second-order valence-electron chi connectivity index (χ2n) is 4.97. The van der Waals surface area contributed by atoms with Gasteiger partial charge in [-0.2, -0.15) is 0 Å². The Bertz CT molecular complexity index is 1040. The van der Waals surface area contributed by atoms with Crippen LogP contribution in [0.5, 0.6) is 0 Å². The van der Waals surface area contributed by atoms with Gasteiger partial charge in [-0.25, -0.2) is 4.57 Å². The Kier molecular flexibility index (Phi) is 2.24. The highest BCUT2D eigenvalue weighted by atomic mass is 16.6. The van der Waals surface area contributed by atoms with E-state index in [1.165, 1.54) is 6.07 Å². The van der Waals surface area contributed by atoms with Crippen LogP contribution in [-0.2, 0) is 7.05 Å². The topological polar surface area (TPSA) is 64.3 Å². The molecule has 3 aromatic heterocycles. The number of hydrogen-bond donors (Lipinski definition) is 0. The molecule has 0 unspecified atom stereocenters. The van der Waals surface area contributed by atoms with Crippen LogP contribution in [0, 0.1) is 10.1 Å². The number of imidazole rings is 1. The van der Waals surface area contributed by atoms with Gasteiger partial charge in [0.15, 0.2) is 0 Å². The number of nitro groups is 1. The molecule has 4 rings (SSSR count). The molecule has 3 heterocycles. The number of non-ortho nitro benzene ring substituents is 1. The summed E-state index contributed by atoms with van der Waals surface area (Å²) in [5.74, 6) is 0. The van der Waals surface area contributed by atoms with Gasteiger partial charge in [0.05, 0.1) is 23.7 Å². The summed E-state index contributed by atoms with van der Waals surface area (Å²) in [7, 11) is 1.95. The van der Waals surface area contributed by atoms with E-state index >= 15 is 0 Å². The van der Waals surface area contributed by atoms with E-state index in [2.05, 4.69) is 4.98 Å². The van der Waals surface area contributed by atoms with Crippen LogP contribution in [0.4, 0.5) is 5.69 Å². The van der Waals surface area contributed by atoms with Gasteiger partial charge in [-0.3, -0.25) is 14.5 Å². The normalized spacial score (nSPS) is 11.5. The van der Waals surface area contributed by atoms with Crippen molar-refractivity contribution in [2.45, 2.75) is 0 Å². The van der Waals surface area contributed by atoms with E-state index in [0.29, 0.717) is 0 Å². The highest BCUT2D eigenvalue weighted by Gasteiger charge is 2.17. The Morgan fingerprint density at radius 1 is 1.19 bits per heavy atom. The zero-order valence-electron chi connectivity index (χ0n) is 11.2. The van der Waals surface area contributed by atoms with Gasteiger partial charge in [0.25, 0.3) is 11.3 Å². The summed E-state index contributed by atoms with van der Waals surface area (Å²) in [6, 6.07) is 12.6. The lowest BCUT2D eigenvalue weighted by atomic mass is 10.2. The lowest BCUT2D eigenvalue weighted by Gasteiger charge is -2.01. The zero-order chi connectivity index (χ0) is 14.6. The first-order valence-electron chi connectivity index (χ1n) is 6.49. The molecule has 0 bridgehead atoms. The van der Waals surface area contributed by atoms with Crippen LogP contribution in [0.3, 0.4) is 0 Å². The average Bonchev–Trinajstić information content (AvgIpc) is 2.87. The molecule has 0 N–H and O–H groups in total. The van der Waals surface area contributed by atoms with E-state index in [9.17, 15) is 10.1 Å². The zero-order valence-corrected chi connectivity index (χ0v) is 11.2. The molecule has 0 fully saturated rings. The van der Waals surface area contributed by atoms with Crippen LogP contribution in [0.2, 0.25) is 0 Å². The lowest BCUT2D eigenvalue weighted by Crippen LogP contribution is -2.28. The van der Waals surface area contributed by atoms with Crippen LogP contribution in [0.1, 0.15) is 0 Å². The summed E-state index contributed by atoms with van der Waals surface area (Å²) >= 11 is 0. The second kappa shape index (κ2) is 3.99. The molecule has 0 saturated heterocycles. The predicted molar refractivity (Wildman–Crippen MR) is 78.0 cm³/mol. The summed E-state index contributed by atoms with van der Waals surface area (Å²) in [6.45, 7) is 0. The van der Waals surface area contributed by atoms with E-state index in [-0.39, 0.29) is 10.6 Å². The summed E-state index contributed by atoms with van der Waals surface area (Å²) in [5, 5.41) is 11.7. The molecule has 0 saturated carbocycles. The van der Waals surface area contributed by atoms with Gasteiger partial charge in [-0.1, -0.05) is 0 Å². The number of benzene rings is 1. The van der Waals surface area contributed by atoms with Gasteiger partial charge in [-0.05, 0) is 29.2 Å². The predicted octanol–water partition coefficient (Wildman–Crippen LogP) is 2.37. The summed E-state index contributed by atoms with van der Waals surface area (Å²) < 4.78 is 3.98. The van der Waals surface area contributed by atoms with Crippen molar-refractivity contribution < 1.29 is 9.49 Å². The average molecular weight is 279 g/mol. The number of pyridine rings is 2. The SMILES string of the molecule is C[n+]1cccc2c1nc1ccc3cc([N+](=O)[O-])ccc3n12. The minimum Gasteiger partial charge on any atom is -0.266 e. The van der Waals surface area contributed by atoms with Gasteiger partial charge >= 0.3 is 5.65 Å². The third-order valence-electron chi connectivity index (χ3n) is 3.69. The molecule has 0 atom stereocenters. The molecule has 0 spiro atoms. The van der Waals surface area contributed by atoms with Crippen LogP contribution in [-0.4, -0.2) is 14.3 Å². The van der Waals surface area contributed by atoms with E-state index < -0.39 is 0 Å². The van der Waals surface area contributed by atoms with Crippen molar-refractivity contribution in [1.29, 1.82) is 0 Å². The number of aryl methyl sites for hydroxylation is 1. The standard InChI is InChI=1S/C15H11N4O2/c1-17-8-2-3-13-15(17)16-14-7-4-10-9-11(19(20)21)5-6-12(10)18(13)14/h2-9H,1H3/q+1. The quantitative estimate of drug-likeness (QED) is 0.305. The molecule has 0 aliphatic carbocycles. The van der Waals surface area contributed by atoms with Gasteiger partial charge in [0.2, 0.25) is 0 Å². The molecule has 1 aromatic carbocycles. The highest BCUT2D eigenvalue weighted by Crippen LogP contribution is 2.24. The molecule has 6 heteroatoms. The third kappa shape index (κ3) is 1.59. The highest BCUT2D eigenvalue weighted by molar-refractivity contribution is 5.89. The van der Waals surface area contributed by atoms with Gasteiger partial charge < -0.3 is 0 Å². The molecular weight excluding hydrogens is 268 g/mol. The van der Waals surface area contributed by atoms with Crippen molar-refractivity contribution in [3.05, 3.63) is 58.8 Å². The number of nitrogens with zero attached hydrogens (tertiary/aromatic N) is 4. The van der Waals surface area contributed by atoms with E-state index in [4.69, 9.17) is 0 Å². The van der Waals surface area contributed by atoms with Crippen LogP contribution >= 0.6 is 0 Å². The first kappa shape index (κ1) is 11.8. The van der Waals surface area contributed by atoms with Crippen molar-refractivity contribution in [2.24, 2.45) is 7.05 Å². The van der Waals surface area contributed by atoms with E-state index in [1.54, 1.807) is 12.1 Å². The third-order valence-corrected chi connectivity index (χ3v) is 3.69. The molecule has 0 radical (unpaired) electrons. The number of hydrogen-bond acceptors (Lipinski definition) is 3. The minimum atomic E-state index is -0.379. The fraction of sp³-hybridized carbons (Fsp3) is 0.0667. The van der Waals surface area contributed by atoms with Gasteiger partial charge in [0.1, 0.15) is 5.52 Å². The Morgan fingerprint density at radius 3 is 2.86 bits per heavy atom. The Labute approximate surface area is 119 Å². The molecule has 0 aliphatic heterocycles. The maximum absolute atomic E-state index is 10.9. The first-order chi connectivity index (χ1) is 10.1. The van der Waals surface area contributed by atoms with Crippen molar-refractivity contribution in [3.63, 3.8) is 0 Å². The largest absolute Gasteiger partial charge is 0.349 e. The molecule has 102 valence electrons. The van der Waals surface area contributed by atoms with Gasteiger partial charge in [0, 0.05) is 23.6 Å². The number of nitro benzene ring substituents is 1. The van der Waals surface area contributed by atoms with Crippen LogP contribution in [0.15, 0.2) is 48.7 Å². The van der Waals surface area contributed by atoms with E-state index in [0.717, 1.165) is 27.7 Å².